The summed E-state index contributed by atoms with van der Waals surface area (Å²) in [6.45, 7) is 0.289. The molecule has 0 spiro atoms. The Balaban J connectivity index is 1.86. The van der Waals surface area contributed by atoms with Gasteiger partial charge in [-0.2, -0.15) is 8.42 Å². The fraction of sp³-hybridized carbons (Fsp3) is 0.150. The van der Waals surface area contributed by atoms with Crippen LogP contribution in [0.2, 0.25) is 0 Å². The van der Waals surface area contributed by atoms with Crippen LogP contribution in [0.4, 0.5) is 5.69 Å². The maximum absolute atomic E-state index is 13.1. The number of rotatable bonds is 8. The van der Waals surface area contributed by atoms with Gasteiger partial charge in [0.05, 0.1) is 24.0 Å². The van der Waals surface area contributed by atoms with Crippen LogP contribution in [0, 0.1) is 10.1 Å². The molecule has 0 aliphatic rings. The lowest BCUT2D eigenvalue weighted by Gasteiger charge is -2.22. The largest absolute Gasteiger partial charge is 0.467 e. The highest BCUT2D eigenvalue weighted by molar-refractivity contribution is 7.86. The predicted octanol–water partition coefficient (Wildman–Crippen LogP) is 3.37. The number of hydrogen-bond donors (Lipinski definition) is 0. The quantitative estimate of drug-likeness (QED) is 0.305. The number of carbonyl (C=O) groups is 1. The molecule has 0 bridgehead atoms. The summed E-state index contributed by atoms with van der Waals surface area (Å²) in [5.41, 5.74) is 0.795. The molecule has 1 aromatic heterocycles. The number of nitro groups is 1. The number of nitro benzene ring substituents is 1. The molecule has 10 heteroatoms. The fourth-order valence-electron chi connectivity index (χ4n) is 2.79. The molecule has 30 heavy (non-hydrogen) atoms. The van der Waals surface area contributed by atoms with E-state index in [-0.39, 0.29) is 36.0 Å². The van der Waals surface area contributed by atoms with E-state index in [0.717, 1.165) is 6.26 Å². The van der Waals surface area contributed by atoms with Gasteiger partial charge < -0.3 is 13.5 Å². The van der Waals surface area contributed by atoms with Crippen LogP contribution < -0.4 is 4.18 Å². The zero-order valence-corrected chi connectivity index (χ0v) is 16.7. The van der Waals surface area contributed by atoms with E-state index in [0.29, 0.717) is 11.3 Å². The van der Waals surface area contributed by atoms with Crippen LogP contribution >= 0.6 is 0 Å². The highest BCUT2D eigenvalue weighted by Gasteiger charge is 2.19. The Bertz CT molecular complexity index is 1140. The predicted molar refractivity (Wildman–Crippen MR) is 107 cm³/mol. The first-order chi connectivity index (χ1) is 14.2. The second-order valence-electron chi connectivity index (χ2n) is 6.48. The topological polar surface area (TPSA) is 120 Å². The van der Waals surface area contributed by atoms with Crippen LogP contribution in [0.5, 0.6) is 5.75 Å². The molecule has 0 saturated carbocycles. The summed E-state index contributed by atoms with van der Waals surface area (Å²) in [4.78, 5) is 24.8. The molecular formula is C20H18N2O7S. The van der Waals surface area contributed by atoms with Gasteiger partial charge in [-0.3, -0.25) is 14.9 Å². The van der Waals surface area contributed by atoms with E-state index in [1.54, 1.807) is 24.3 Å². The van der Waals surface area contributed by atoms with E-state index in [9.17, 15) is 23.3 Å². The fourth-order valence-corrected chi connectivity index (χ4v) is 3.24. The van der Waals surface area contributed by atoms with Crippen molar-refractivity contribution < 1.29 is 26.7 Å². The van der Waals surface area contributed by atoms with Gasteiger partial charge >= 0.3 is 10.1 Å². The molecular weight excluding hydrogens is 412 g/mol. The zero-order chi connectivity index (χ0) is 21.7. The summed E-state index contributed by atoms with van der Waals surface area (Å²) in [6, 6.07) is 15.1. The molecule has 3 aromatic rings. The number of hydrogen-bond acceptors (Lipinski definition) is 7. The molecule has 0 atom stereocenters. The first-order valence-corrected chi connectivity index (χ1v) is 10.6. The Morgan fingerprint density at radius 2 is 1.83 bits per heavy atom. The lowest BCUT2D eigenvalue weighted by Crippen LogP contribution is -2.30. The van der Waals surface area contributed by atoms with Crippen molar-refractivity contribution in [2.45, 2.75) is 13.1 Å². The Hall–Kier alpha value is -3.66. The minimum Gasteiger partial charge on any atom is -0.467 e. The van der Waals surface area contributed by atoms with Gasteiger partial charge in [-0.25, -0.2) is 0 Å². The minimum absolute atomic E-state index is 0.116. The number of carbonyl (C=O) groups excluding carboxylic acids is 1. The summed E-state index contributed by atoms with van der Waals surface area (Å²) >= 11 is 0. The molecule has 3 rings (SSSR count). The molecule has 156 valence electrons. The number of furan rings is 1. The van der Waals surface area contributed by atoms with Crippen LogP contribution in [-0.4, -0.2) is 30.4 Å². The molecule has 0 N–H and O–H groups in total. The van der Waals surface area contributed by atoms with Crippen molar-refractivity contribution in [1.82, 2.24) is 4.90 Å². The molecule has 2 aromatic carbocycles. The first kappa shape index (κ1) is 21.1. The number of nitrogens with zero attached hydrogens (tertiary/aromatic N) is 2. The van der Waals surface area contributed by atoms with Gasteiger partial charge in [0.25, 0.3) is 11.6 Å². The average molecular weight is 430 g/mol. The summed E-state index contributed by atoms with van der Waals surface area (Å²) < 4.78 is 33.0. The Morgan fingerprint density at radius 3 is 2.43 bits per heavy atom. The van der Waals surface area contributed by atoms with Crippen LogP contribution in [0.15, 0.2) is 71.3 Å². The van der Waals surface area contributed by atoms with Crippen molar-refractivity contribution in [2.75, 3.05) is 6.26 Å². The van der Waals surface area contributed by atoms with Gasteiger partial charge in [0.1, 0.15) is 11.5 Å². The molecule has 1 amide bonds. The van der Waals surface area contributed by atoms with Crippen molar-refractivity contribution in [2.24, 2.45) is 0 Å². The smallest absolute Gasteiger partial charge is 0.306 e. The number of non-ortho nitro benzene ring substituents is 1. The molecule has 9 nitrogen and oxygen atoms in total. The molecule has 0 fully saturated rings. The van der Waals surface area contributed by atoms with E-state index in [4.69, 9.17) is 8.60 Å². The van der Waals surface area contributed by atoms with Crippen molar-refractivity contribution in [3.05, 3.63) is 93.9 Å². The van der Waals surface area contributed by atoms with Gasteiger partial charge in [0.15, 0.2) is 0 Å². The highest BCUT2D eigenvalue weighted by Crippen LogP contribution is 2.20. The molecule has 0 unspecified atom stereocenters. The minimum atomic E-state index is -3.68. The van der Waals surface area contributed by atoms with E-state index < -0.39 is 15.0 Å². The van der Waals surface area contributed by atoms with E-state index in [1.807, 2.05) is 0 Å². The molecule has 0 saturated heterocycles. The number of amides is 1. The maximum atomic E-state index is 13.1. The Kier molecular flexibility index (Phi) is 6.17. The monoisotopic (exact) mass is 430 g/mol. The van der Waals surface area contributed by atoms with E-state index in [2.05, 4.69) is 0 Å². The molecule has 0 aliphatic heterocycles. The van der Waals surface area contributed by atoms with E-state index in [1.165, 1.54) is 47.6 Å². The van der Waals surface area contributed by atoms with Gasteiger partial charge in [0.2, 0.25) is 0 Å². The normalized spacial score (nSPS) is 11.1. The Labute approximate surface area is 172 Å². The van der Waals surface area contributed by atoms with Gasteiger partial charge in [-0.15, -0.1) is 0 Å². The van der Waals surface area contributed by atoms with Crippen LogP contribution in [0.1, 0.15) is 21.7 Å². The van der Waals surface area contributed by atoms with E-state index >= 15 is 0 Å². The second-order valence-corrected chi connectivity index (χ2v) is 8.05. The average Bonchev–Trinajstić information content (AvgIpc) is 3.19. The van der Waals surface area contributed by atoms with Crippen LogP contribution in [0.3, 0.4) is 0 Å². The first-order valence-electron chi connectivity index (χ1n) is 8.76. The van der Waals surface area contributed by atoms with Gasteiger partial charge in [-0.1, -0.05) is 12.1 Å². The van der Waals surface area contributed by atoms with Crippen molar-refractivity contribution >= 4 is 21.7 Å². The molecule has 0 aliphatic carbocycles. The van der Waals surface area contributed by atoms with Crippen molar-refractivity contribution in [3.63, 3.8) is 0 Å². The highest BCUT2D eigenvalue weighted by atomic mass is 32.2. The lowest BCUT2D eigenvalue weighted by molar-refractivity contribution is -0.384. The third kappa shape index (κ3) is 5.67. The zero-order valence-electron chi connectivity index (χ0n) is 15.9. The summed E-state index contributed by atoms with van der Waals surface area (Å²) in [5, 5.41) is 10.8. The number of benzene rings is 2. The Morgan fingerprint density at radius 1 is 1.10 bits per heavy atom. The SMILES string of the molecule is CS(=O)(=O)Oc1cccc(CN(Cc2ccco2)C(=O)c2ccc([N+](=O)[O-])cc2)c1. The molecule has 1 heterocycles. The summed E-state index contributed by atoms with van der Waals surface area (Å²) in [7, 11) is -3.68. The lowest BCUT2D eigenvalue weighted by atomic mass is 10.1. The summed E-state index contributed by atoms with van der Waals surface area (Å²) in [5.74, 6) is 0.320. The maximum Gasteiger partial charge on any atom is 0.306 e. The summed E-state index contributed by atoms with van der Waals surface area (Å²) in [6.07, 6.45) is 2.44. The van der Waals surface area contributed by atoms with Crippen molar-refractivity contribution in [3.8, 4) is 5.75 Å². The second kappa shape index (κ2) is 8.78. The standard InChI is InChI=1S/C20H18N2O7S/c1-30(26,27)29-18-5-2-4-15(12-18)13-21(14-19-6-3-11-28-19)20(23)16-7-9-17(10-8-16)22(24)25/h2-12H,13-14H2,1H3. The third-order valence-corrected chi connectivity index (χ3v) is 4.55. The third-order valence-electron chi connectivity index (χ3n) is 4.06. The van der Waals surface area contributed by atoms with Crippen molar-refractivity contribution in [1.29, 1.82) is 0 Å². The van der Waals surface area contributed by atoms with Gasteiger partial charge in [-0.05, 0) is 42.0 Å². The molecule has 0 radical (unpaired) electrons. The van der Waals surface area contributed by atoms with Crippen LogP contribution in [0.25, 0.3) is 0 Å². The van der Waals surface area contributed by atoms with Gasteiger partial charge in [0, 0.05) is 24.2 Å². The van der Waals surface area contributed by atoms with Crippen LogP contribution in [-0.2, 0) is 23.2 Å².